The molecule has 2 saturated heterocycles. The van der Waals surface area contributed by atoms with Crippen molar-refractivity contribution in [3.63, 3.8) is 0 Å². The van der Waals surface area contributed by atoms with Crippen molar-refractivity contribution in [1.29, 1.82) is 0 Å². The zero-order valence-electron chi connectivity index (χ0n) is 14.7. The molecule has 2 rings (SSSR count). The molecule has 21 heavy (non-hydrogen) atoms. The summed E-state index contributed by atoms with van der Waals surface area (Å²) in [4.78, 5) is 5.15. The molecule has 0 aliphatic carbocycles. The van der Waals surface area contributed by atoms with E-state index in [1.165, 1.54) is 39.0 Å². The van der Waals surface area contributed by atoms with Gasteiger partial charge in [-0.15, -0.1) is 0 Å². The first-order chi connectivity index (χ1) is 9.80. The van der Waals surface area contributed by atoms with Crippen molar-refractivity contribution < 1.29 is 4.74 Å². The number of nitrogens with one attached hydrogen (secondary N) is 1. The standard InChI is InChI=1S/C17H35N3O/c1-15-12-20(9-8-19(15)5)14-17(6-10-21-11-7-17)13-18-16(2,3)4/h15,18H,6-14H2,1-5H3. The molecule has 4 heteroatoms. The van der Waals surface area contributed by atoms with Crippen LogP contribution in [0.25, 0.3) is 0 Å². The molecule has 2 fully saturated rings. The number of hydrogen-bond acceptors (Lipinski definition) is 4. The fourth-order valence-electron chi connectivity index (χ4n) is 3.39. The Morgan fingerprint density at radius 1 is 1.19 bits per heavy atom. The van der Waals surface area contributed by atoms with E-state index in [2.05, 4.69) is 49.9 Å². The Balaban J connectivity index is 1.95. The molecule has 1 atom stereocenters. The second kappa shape index (κ2) is 6.95. The molecule has 0 bridgehead atoms. The first-order valence-electron chi connectivity index (χ1n) is 8.55. The molecular formula is C17H35N3O. The molecule has 1 N–H and O–H groups in total. The van der Waals surface area contributed by atoms with Gasteiger partial charge in [-0.05, 0) is 53.0 Å². The SMILES string of the molecule is CC1CN(CC2(CNC(C)(C)C)CCOCC2)CCN1C. The quantitative estimate of drug-likeness (QED) is 0.856. The van der Waals surface area contributed by atoms with Crippen LogP contribution in [0.15, 0.2) is 0 Å². The van der Waals surface area contributed by atoms with Crippen LogP contribution in [0.5, 0.6) is 0 Å². The zero-order valence-corrected chi connectivity index (χ0v) is 14.7. The Hall–Kier alpha value is -0.160. The third kappa shape index (κ3) is 5.20. The van der Waals surface area contributed by atoms with Gasteiger partial charge in [0.2, 0.25) is 0 Å². The van der Waals surface area contributed by atoms with Crippen LogP contribution in [0.4, 0.5) is 0 Å². The lowest BCUT2D eigenvalue weighted by Gasteiger charge is -2.46. The molecule has 2 aliphatic heterocycles. The van der Waals surface area contributed by atoms with Crippen molar-refractivity contribution in [3.05, 3.63) is 0 Å². The van der Waals surface area contributed by atoms with Crippen LogP contribution in [0, 0.1) is 5.41 Å². The second-order valence-corrected chi connectivity index (χ2v) is 8.28. The normalized spacial score (nSPS) is 28.7. The molecule has 0 saturated carbocycles. The van der Waals surface area contributed by atoms with E-state index < -0.39 is 0 Å². The minimum atomic E-state index is 0.195. The molecule has 0 aromatic heterocycles. The van der Waals surface area contributed by atoms with E-state index in [1.807, 2.05) is 0 Å². The summed E-state index contributed by atoms with van der Waals surface area (Å²) in [6.45, 7) is 16.9. The van der Waals surface area contributed by atoms with Gasteiger partial charge in [-0.3, -0.25) is 4.90 Å². The maximum atomic E-state index is 5.63. The first-order valence-corrected chi connectivity index (χ1v) is 8.55. The molecule has 1 unspecified atom stereocenters. The van der Waals surface area contributed by atoms with Crippen LogP contribution in [-0.2, 0) is 4.74 Å². The predicted octanol–water partition coefficient (Wildman–Crippen LogP) is 1.81. The Morgan fingerprint density at radius 3 is 2.43 bits per heavy atom. The van der Waals surface area contributed by atoms with Gasteiger partial charge >= 0.3 is 0 Å². The van der Waals surface area contributed by atoms with Gasteiger partial charge in [-0.2, -0.15) is 0 Å². The summed E-state index contributed by atoms with van der Waals surface area (Å²) in [7, 11) is 2.24. The lowest BCUT2D eigenvalue weighted by atomic mass is 9.78. The molecule has 0 radical (unpaired) electrons. The zero-order chi connectivity index (χ0) is 15.5. The molecule has 0 aromatic rings. The average molecular weight is 297 g/mol. The second-order valence-electron chi connectivity index (χ2n) is 8.28. The summed E-state index contributed by atoms with van der Waals surface area (Å²) >= 11 is 0. The van der Waals surface area contributed by atoms with E-state index in [0.717, 1.165) is 19.8 Å². The van der Waals surface area contributed by atoms with Gasteiger partial charge in [-0.1, -0.05) is 0 Å². The first kappa shape index (κ1) is 17.2. The van der Waals surface area contributed by atoms with Crippen molar-refractivity contribution in [3.8, 4) is 0 Å². The topological polar surface area (TPSA) is 27.7 Å². The van der Waals surface area contributed by atoms with Crippen LogP contribution in [-0.4, -0.2) is 74.4 Å². The Kier molecular flexibility index (Phi) is 5.69. The summed E-state index contributed by atoms with van der Waals surface area (Å²) in [5, 5.41) is 3.75. The lowest BCUT2D eigenvalue weighted by Crippen LogP contribution is -2.56. The molecule has 2 heterocycles. The van der Waals surface area contributed by atoms with E-state index >= 15 is 0 Å². The highest BCUT2D eigenvalue weighted by molar-refractivity contribution is 4.91. The Morgan fingerprint density at radius 2 is 1.86 bits per heavy atom. The maximum Gasteiger partial charge on any atom is 0.0472 e. The number of rotatable bonds is 4. The summed E-state index contributed by atoms with van der Waals surface area (Å²) < 4.78 is 5.63. The predicted molar refractivity (Wildman–Crippen MR) is 88.8 cm³/mol. The summed E-state index contributed by atoms with van der Waals surface area (Å²) in [5.74, 6) is 0. The van der Waals surface area contributed by atoms with Gasteiger partial charge in [0.15, 0.2) is 0 Å². The highest BCUT2D eigenvalue weighted by atomic mass is 16.5. The van der Waals surface area contributed by atoms with Gasteiger partial charge in [0, 0.05) is 57.5 Å². The molecule has 0 aromatic carbocycles. The highest BCUT2D eigenvalue weighted by Crippen LogP contribution is 2.32. The molecule has 124 valence electrons. The summed E-state index contributed by atoms with van der Waals surface area (Å²) in [5.41, 5.74) is 0.585. The van der Waals surface area contributed by atoms with Crippen molar-refractivity contribution in [2.24, 2.45) is 5.41 Å². The van der Waals surface area contributed by atoms with Crippen molar-refractivity contribution in [1.82, 2.24) is 15.1 Å². The van der Waals surface area contributed by atoms with E-state index in [0.29, 0.717) is 11.5 Å². The van der Waals surface area contributed by atoms with Crippen LogP contribution in [0.3, 0.4) is 0 Å². The summed E-state index contributed by atoms with van der Waals surface area (Å²) in [6.07, 6.45) is 2.38. The number of hydrogen-bond donors (Lipinski definition) is 1. The van der Waals surface area contributed by atoms with Gasteiger partial charge in [0.25, 0.3) is 0 Å². The molecule has 4 nitrogen and oxygen atoms in total. The van der Waals surface area contributed by atoms with E-state index in [-0.39, 0.29) is 5.54 Å². The highest BCUT2D eigenvalue weighted by Gasteiger charge is 2.36. The van der Waals surface area contributed by atoms with E-state index in [1.54, 1.807) is 0 Å². The average Bonchev–Trinajstić information content (AvgIpc) is 2.41. The van der Waals surface area contributed by atoms with Gasteiger partial charge in [-0.25, -0.2) is 0 Å². The smallest absolute Gasteiger partial charge is 0.0472 e. The van der Waals surface area contributed by atoms with Crippen LogP contribution >= 0.6 is 0 Å². The molecule has 2 aliphatic rings. The third-order valence-corrected chi connectivity index (χ3v) is 5.15. The molecular weight excluding hydrogens is 262 g/mol. The van der Waals surface area contributed by atoms with Crippen LogP contribution in [0.2, 0.25) is 0 Å². The number of piperazine rings is 1. The van der Waals surface area contributed by atoms with Crippen molar-refractivity contribution in [2.75, 3.05) is 53.0 Å². The van der Waals surface area contributed by atoms with Crippen molar-refractivity contribution in [2.45, 2.75) is 52.1 Å². The monoisotopic (exact) mass is 297 g/mol. The summed E-state index contributed by atoms with van der Waals surface area (Å²) in [6, 6.07) is 0.672. The molecule has 0 amide bonds. The maximum absolute atomic E-state index is 5.63. The minimum Gasteiger partial charge on any atom is -0.381 e. The van der Waals surface area contributed by atoms with Gasteiger partial charge in [0.05, 0.1) is 0 Å². The number of likely N-dealkylation sites (N-methyl/N-ethyl adjacent to an activating group) is 1. The molecule has 0 spiro atoms. The Labute approximate surface area is 131 Å². The van der Waals surface area contributed by atoms with Gasteiger partial charge < -0.3 is 15.0 Å². The Bertz CT molecular complexity index is 320. The fraction of sp³-hybridized carbons (Fsp3) is 1.00. The minimum absolute atomic E-state index is 0.195. The van der Waals surface area contributed by atoms with E-state index in [4.69, 9.17) is 4.74 Å². The fourth-order valence-corrected chi connectivity index (χ4v) is 3.39. The van der Waals surface area contributed by atoms with Crippen LogP contribution < -0.4 is 5.32 Å². The largest absolute Gasteiger partial charge is 0.381 e. The third-order valence-electron chi connectivity index (χ3n) is 5.15. The van der Waals surface area contributed by atoms with Crippen LogP contribution in [0.1, 0.15) is 40.5 Å². The number of nitrogens with zero attached hydrogens (tertiary/aromatic N) is 2. The lowest BCUT2D eigenvalue weighted by molar-refractivity contribution is -0.0189. The van der Waals surface area contributed by atoms with Crippen molar-refractivity contribution >= 4 is 0 Å². The number of ether oxygens (including phenoxy) is 1. The van der Waals surface area contributed by atoms with E-state index in [9.17, 15) is 0 Å². The van der Waals surface area contributed by atoms with Gasteiger partial charge in [0.1, 0.15) is 0 Å².